The van der Waals surface area contributed by atoms with Gasteiger partial charge in [0.05, 0.1) is 35.6 Å². The van der Waals surface area contributed by atoms with Crippen LogP contribution in [0.3, 0.4) is 0 Å². The number of ether oxygens (including phenoxy) is 2. The van der Waals surface area contributed by atoms with Gasteiger partial charge in [0.1, 0.15) is 11.8 Å². The first-order valence-corrected chi connectivity index (χ1v) is 12.6. The van der Waals surface area contributed by atoms with E-state index in [1.165, 1.54) is 10.6 Å². The van der Waals surface area contributed by atoms with Crippen molar-refractivity contribution in [3.8, 4) is 23.3 Å². The van der Waals surface area contributed by atoms with Gasteiger partial charge in [-0.15, -0.1) is 0 Å². The molecule has 0 saturated carbocycles. The van der Waals surface area contributed by atoms with E-state index in [1.807, 2.05) is 42.0 Å². The van der Waals surface area contributed by atoms with Crippen LogP contribution in [-0.4, -0.2) is 49.8 Å². The van der Waals surface area contributed by atoms with E-state index < -0.39 is 10.0 Å². The monoisotopic (exact) mass is 473 g/mol. The second kappa shape index (κ2) is 9.02. The highest BCUT2D eigenvalue weighted by Gasteiger charge is 2.33. The maximum Gasteiger partial charge on any atom is 0.211 e. The molecule has 2 heterocycles. The molecule has 1 saturated heterocycles. The molecule has 4 rings (SSSR count). The Morgan fingerprint density at radius 2 is 1.97 bits per heavy atom. The first-order valence-electron chi connectivity index (χ1n) is 10.4. The molecule has 0 bridgehead atoms. The van der Waals surface area contributed by atoms with Crippen LogP contribution in [0.1, 0.15) is 18.9 Å². The van der Waals surface area contributed by atoms with Crippen molar-refractivity contribution in [1.82, 2.24) is 8.87 Å². The molecule has 1 aliphatic rings. The molecule has 0 unspecified atom stereocenters. The van der Waals surface area contributed by atoms with Crippen molar-refractivity contribution in [2.45, 2.75) is 13.3 Å². The van der Waals surface area contributed by atoms with Gasteiger partial charge in [0.2, 0.25) is 10.0 Å². The summed E-state index contributed by atoms with van der Waals surface area (Å²) in [6, 6.07) is 13.5. The first kappa shape index (κ1) is 22.5. The summed E-state index contributed by atoms with van der Waals surface area (Å²) in [6.45, 7) is 3.96. The van der Waals surface area contributed by atoms with Gasteiger partial charge in [0, 0.05) is 36.3 Å². The SMILES string of the molecule is CCCOc1c(Cl)cc(-n2ccc3cc(OCC4CN(S(C)(=O)=O)C4)ccc32)cc1C#N. The zero-order chi connectivity index (χ0) is 22.9. The second-order valence-corrected chi connectivity index (χ2v) is 10.3. The van der Waals surface area contributed by atoms with Gasteiger partial charge < -0.3 is 14.0 Å². The van der Waals surface area contributed by atoms with Crippen LogP contribution in [0.2, 0.25) is 5.02 Å². The van der Waals surface area contributed by atoms with E-state index in [1.54, 1.807) is 12.1 Å². The fourth-order valence-corrected chi connectivity index (χ4v) is 4.93. The van der Waals surface area contributed by atoms with Crippen molar-refractivity contribution >= 4 is 32.5 Å². The average molecular weight is 474 g/mol. The Bertz CT molecular complexity index is 1290. The molecule has 7 nitrogen and oxygen atoms in total. The number of hydrogen-bond acceptors (Lipinski definition) is 5. The summed E-state index contributed by atoms with van der Waals surface area (Å²) in [6.07, 6.45) is 3.97. The van der Waals surface area contributed by atoms with Gasteiger partial charge in [-0.3, -0.25) is 0 Å². The maximum absolute atomic E-state index is 11.5. The summed E-state index contributed by atoms with van der Waals surface area (Å²) >= 11 is 6.42. The smallest absolute Gasteiger partial charge is 0.211 e. The standard InChI is InChI=1S/C23H24ClN3O4S/c1-3-8-30-23-18(12-25)9-19(11-21(23)24)27-7-6-17-10-20(4-5-22(17)27)31-15-16-13-26(14-16)32(2,28)29/h4-7,9-11,16H,3,8,13-15H2,1-2H3. The minimum Gasteiger partial charge on any atom is -0.493 e. The van der Waals surface area contributed by atoms with Crippen molar-refractivity contribution < 1.29 is 17.9 Å². The number of benzene rings is 2. The van der Waals surface area contributed by atoms with Gasteiger partial charge in [0.25, 0.3) is 0 Å². The molecule has 0 atom stereocenters. The van der Waals surface area contributed by atoms with E-state index in [2.05, 4.69) is 6.07 Å². The number of fused-ring (bicyclic) bond motifs is 1. The van der Waals surface area contributed by atoms with Crippen LogP contribution in [-0.2, 0) is 10.0 Å². The van der Waals surface area contributed by atoms with E-state index in [9.17, 15) is 13.7 Å². The molecular formula is C23H24ClN3O4S. The zero-order valence-electron chi connectivity index (χ0n) is 17.9. The highest BCUT2D eigenvalue weighted by atomic mass is 35.5. The zero-order valence-corrected chi connectivity index (χ0v) is 19.5. The second-order valence-electron chi connectivity index (χ2n) is 7.93. The lowest BCUT2D eigenvalue weighted by Gasteiger charge is -2.36. The summed E-state index contributed by atoms with van der Waals surface area (Å²) in [4.78, 5) is 0. The molecule has 9 heteroatoms. The van der Waals surface area contributed by atoms with Gasteiger partial charge in [-0.2, -0.15) is 5.26 Å². The Hall–Kier alpha value is -2.73. The highest BCUT2D eigenvalue weighted by Crippen LogP contribution is 2.33. The van der Waals surface area contributed by atoms with E-state index in [4.69, 9.17) is 21.1 Å². The van der Waals surface area contributed by atoms with Gasteiger partial charge in [0.15, 0.2) is 5.75 Å². The van der Waals surface area contributed by atoms with Crippen LogP contribution < -0.4 is 9.47 Å². The minimum absolute atomic E-state index is 0.199. The lowest BCUT2D eigenvalue weighted by atomic mass is 10.1. The average Bonchev–Trinajstić information content (AvgIpc) is 3.13. The summed E-state index contributed by atoms with van der Waals surface area (Å²) in [5, 5.41) is 10.9. The molecule has 0 amide bonds. The number of hydrogen-bond donors (Lipinski definition) is 0. The summed E-state index contributed by atoms with van der Waals surface area (Å²) in [5.74, 6) is 1.34. The molecule has 0 spiro atoms. The predicted molar refractivity (Wildman–Crippen MR) is 124 cm³/mol. The predicted octanol–water partition coefficient (Wildman–Crippen LogP) is 4.21. The van der Waals surface area contributed by atoms with Gasteiger partial charge in [-0.05, 0) is 42.8 Å². The number of aromatic nitrogens is 1. The van der Waals surface area contributed by atoms with Crippen LogP contribution in [0.4, 0.5) is 0 Å². The molecule has 0 aliphatic carbocycles. The number of nitriles is 1. The van der Waals surface area contributed by atoms with Crippen molar-refractivity contribution in [2.75, 3.05) is 32.6 Å². The van der Waals surface area contributed by atoms with Gasteiger partial charge in [-0.1, -0.05) is 18.5 Å². The summed E-state index contributed by atoms with van der Waals surface area (Å²) < 4.78 is 37.9. The quantitative estimate of drug-likeness (QED) is 0.489. The highest BCUT2D eigenvalue weighted by molar-refractivity contribution is 7.88. The maximum atomic E-state index is 11.5. The fraction of sp³-hybridized carbons (Fsp3) is 0.348. The third-order valence-corrected chi connectivity index (χ3v) is 6.93. The van der Waals surface area contributed by atoms with E-state index in [-0.39, 0.29) is 5.92 Å². The number of halogens is 1. The molecule has 1 fully saturated rings. The summed E-state index contributed by atoms with van der Waals surface area (Å²) in [5.41, 5.74) is 2.12. The third kappa shape index (κ3) is 4.56. The topological polar surface area (TPSA) is 84.6 Å². The Labute approximate surface area is 192 Å². The largest absolute Gasteiger partial charge is 0.493 e. The van der Waals surface area contributed by atoms with Crippen molar-refractivity contribution in [3.05, 3.63) is 53.2 Å². The van der Waals surface area contributed by atoms with E-state index >= 15 is 0 Å². The minimum atomic E-state index is -3.11. The van der Waals surface area contributed by atoms with Crippen LogP contribution in [0.15, 0.2) is 42.6 Å². The van der Waals surface area contributed by atoms with Gasteiger partial charge in [-0.25, -0.2) is 12.7 Å². The van der Waals surface area contributed by atoms with Crippen molar-refractivity contribution in [2.24, 2.45) is 5.92 Å². The molecule has 168 valence electrons. The van der Waals surface area contributed by atoms with Crippen LogP contribution in [0.25, 0.3) is 16.6 Å². The number of rotatable bonds is 8. The molecule has 1 aliphatic heterocycles. The van der Waals surface area contributed by atoms with Crippen LogP contribution >= 0.6 is 11.6 Å². The Kier molecular flexibility index (Phi) is 6.33. The normalized spacial score (nSPS) is 14.8. The van der Waals surface area contributed by atoms with Crippen molar-refractivity contribution in [3.63, 3.8) is 0 Å². The molecule has 32 heavy (non-hydrogen) atoms. The van der Waals surface area contributed by atoms with Gasteiger partial charge >= 0.3 is 0 Å². The molecule has 3 aromatic rings. The van der Waals surface area contributed by atoms with E-state index in [0.717, 1.165) is 28.8 Å². The van der Waals surface area contributed by atoms with Crippen LogP contribution in [0.5, 0.6) is 11.5 Å². The third-order valence-electron chi connectivity index (χ3n) is 5.42. The Morgan fingerprint density at radius 3 is 2.66 bits per heavy atom. The molecule has 0 N–H and O–H groups in total. The molecular weight excluding hydrogens is 450 g/mol. The van der Waals surface area contributed by atoms with Crippen molar-refractivity contribution in [1.29, 1.82) is 5.26 Å². The Balaban J connectivity index is 1.51. The molecule has 0 radical (unpaired) electrons. The number of nitrogens with zero attached hydrogens (tertiary/aromatic N) is 3. The molecule has 2 aromatic carbocycles. The van der Waals surface area contributed by atoms with Crippen LogP contribution in [0, 0.1) is 17.2 Å². The lowest BCUT2D eigenvalue weighted by Crippen LogP contribution is -2.51. The number of sulfonamides is 1. The molecule has 1 aromatic heterocycles. The Morgan fingerprint density at radius 1 is 1.19 bits per heavy atom. The summed E-state index contributed by atoms with van der Waals surface area (Å²) in [7, 11) is -3.11. The lowest BCUT2D eigenvalue weighted by molar-refractivity contribution is 0.130. The van der Waals surface area contributed by atoms with E-state index in [0.29, 0.717) is 42.6 Å². The first-order chi connectivity index (χ1) is 15.3. The fourth-order valence-electron chi connectivity index (χ4n) is 3.70.